The Morgan fingerprint density at radius 2 is 2.00 bits per heavy atom. The lowest BCUT2D eigenvalue weighted by Gasteiger charge is -2.09. The molecule has 0 amide bonds. The van der Waals surface area contributed by atoms with Crippen molar-refractivity contribution in [3.63, 3.8) is 0 Å². The lowest BCUT2D eigenvalue weighted by Crippen LogP contribution is -2.05. The lowest BCUT2D eigenvalue weighted by molar-refractivity contribution is 0.625. The van der Waals surface area contributed by atoms with E-state index in [1.165, 1.54) is 0 Å². The molecule has 90 valence electrons. The largest absolute Gasteiger partial charge is 0.237 e. The molecule has 0 bridgehead atoms. The first-order chi connectivity index (χ1) is 7.54. The van der Waals surface area contributed by atoms with Crippen molar-refractivity contribution in [1.29, 1.82) is 0 Å². The van der Waals surface area contributed by atoms with Crippen molar-refractivity contribution < 1.29 is 0 Å². The number of hydrogen-bond acceptors (Lipinski definition) is 2. The number of halogens is 2. The molecule has 0 radical (unpaired) electrons. The first-order valence-corrected chi connectivity index (χ1v) is 6.92. The summed E-state index contributed by atoms with van der Waals surface area (Å²) in [4.78, 5) is 8.85. The number of unbranched alkanes of at least 4 members (excludes halogenated alkanes) is 1. The van der Waals surface area contributed by atoms with Gasteiger partial charge in [0.25, 0.3) is 0 Å². The first kappa shape index (κ1) is 13.9. The van der Waals surface area contributed by atoms with E-state index in [4.69, 9.17) is 11.6 Å². The van der Waals surface area contributed by atoms with Crippen LogP contribution in [0.4, 0.5) is 0 Å². The number of rotatable bonds is 5. The molecule has 0 spiro atoms. The van der Waals surface area contributed by atoms with Gasteiger partial charge in [-0.15, -0.1) is 0 Å². The molecule has 0 fully saturated rings. The van der Waals surface area contributed by atoms with E-state index >= 15 is 0 Å². The van der Waals surface area contributed by atoms with Crippen LogP contribution >= 0.6 is 27.5 Å². The van der Waals surface area contributed by atoms with Crippen LogP contribution < -0.4 is 0 Å². The average molecular weight is 306 g/mol. The maximum absolute atomic E-state index is 6.08. The van der Waals surface area contributed by atoms with Crippen molar-refractivity contribution in [2.75, 3.05) is 0 Å². The molecule has 0 unspecified atom stereocenters. The summed E-state index contributed by atoms with van der Waals surface area (Å²) in [5, 5.41) is 0.539. The molecule has 4 heteroatoms. The highest BCUT2D eigenvalue weighted by Crippen LogP contribution is 2.25. The van der Waals surface area contributed by atoms with Gasteiger partial charge in [0, 0.05) is 6.42 Å². The molecule has 0 aliphatic rings. The molecule has 0 saturated carbocycles. The SMILES string of the molecule is CCCCc1nc(Cl)c(Br)c(CC(C)C)n1. The molecule has 1 rings (SSSR count). The summed E-state index contributed by atoms with van der Waals surface area (Å²) in [6.07, 6.45) is 4.10. The molecule has 0 atom stereocenters. The Hall–Kier alpha value is -0.150. The van der Waals surface area contributed by atoms with Gasteiger partial charge in [0.05, 0.1) is 10.2 Å². The molecular weight excluding hydrogens is 288 g/mol. The number of nitrogens with zero attached hydrogens (tertiary/aromatic N) is 2. The topological polar surface area (TPSA) is 25.8 Å². The fourth-order valence-electron chi connectivity index (χ4n) is 1.48. The van der Waals surface area contributed by atoms with Crippen LogP contribution in [0.1, 0.15) is 45.1 Å². The standard InChI is InChI=1S/C12H18BrClN2/c1-4-5-6-10-15-9(7-8(2)3)11(13)12(14)16-10/h8H,4-7H2,1-3H3. The molecule has 0 saturated heterocycles. The zero-order valence-electron chi connectivity index (χ0n) is 10.1. The van der Waals surface area contributed by atoms with Crippen LogP contribution in [0.15, 0.2) is 4.47 Å². The van der Waals surface area contributed by atoms with E-state index < -0.39 is 0 Å². The molecule has 16 heavy (non-hydrogen) atoms. The summed E-state index contributed by atoms with van der Waals surface area (Å²) in [5.41, 5.74) is 1.03. The highest BCUT2D eigenvalue weighted by atomic mass is 79.9. The third-order valence-electron chi connectivity index (χ3n) is 2.28. The van der Waals surface area contributed by atoms with Crippen LogP contribution in [0.25, 0.3) is 0 Å². The molecule has 2 nitrogen and oxygen atoms in total. The summed E-state index contributed by atoms with van der Waals surface area (Å²) in [7, 11) is 0. The second-order valence-corrected chi connectivity index (χ2v) is 5.54. The van der Waals surface area contributed by atoms with Gasteiger partial charge in [0.2, 0.25) is 0 Å². The maximum Gasteiger partial charge on any atom is 0.147 e. The number of aromatic nitrogens is 2. The van der Waals surface area contributed by atoms with Crippen LogP contribution in [-0.2, 0) is 12.8 Å². The quantitative estimate of drug-likeness (QED) is 0.752. The van der Waals surface area contributed by atoms with Gasteiger partial charge < -0.3 is 0 Å². The van der Waals surface area contributed by atoms with E-state index in [2.05, 4.69) is 46.7 Å². The van der Waals surface area contributed by atoms with Crippen LogP contribution in [-0.4, -0.2) is 9.97 Å². The highest BCUT2D eigenvalue weighted by molar-refractivity contribution is 9.10. The van der Waals surface area contributed by atoms with Gasteiger partial charge in [-0.1, -0.05) is 38.8 Å². The average Bonchev–Trinajstić information content (AvgIpc) is 2.21. The zero-order chi connectivity index (χ0) is 12.1. The van der Waals surface area contributed by atoms with Gasteiger partial charge in [-0.2, -0.15) is 0 Å². The second-order valence-electron chi connectivity index (χ2n) is 4.39. The normalized spacial score (nSPS) is 11.1. The second kappa shape index (κ2) is 6.55. The molecule has 0 aliphatic heterocycles. The molecule has 1 aromatic rings. The summed E-state index contributed by atoms with van der Waals surface area (Å²) in [6.45, 7) is 6.51. The summed E-state index contributed by atoms with van der Waals surface area (Å²) in [5.74, 6) is 1.44. The Labute approximate surface area is 111 Å². The minimum absolute atomic E-state index is 0.539. The van der Waals surface area contributed by atoms with E-state index in [1.54, 1.807) is 0 Å². The summed E-state index contributed by atoms with van der Waals surface area (Å²) >= 11 is 9.54. The van der Waals surface area contributed by atoms with Crippen molar-refractivity contribution in [3.05, 3.63) is 21.1 Å². The zero-order valence-corrected chi connectivity index (χ0v) is 12.4. The van der Waals surface area contributed by atoms with Crippen molar-refractivity contribution in [2.24, 2.45) is 5.92 Å². The third kappa shape index (κ3) is 4.02. The molecule has 1 heterocycles. The third-order valence-corrected chi connectivity index (χ3v) is 3.62. The summed E-state index contributed by atoms with van der Waals surface area (Å²) in [6, 6.07) is 0. The van der Waals surface area contributed by atoms with Crippen LogP contribution in [0.2, 0.25) is 5.15 Å². The van der Waals surface area contributed by atoms with Gasteiger partial charge in [-0.3, -0.25) is 0 Å². The number of aryl methyl sites for hydroxylation is 1. The van der Waals surface area contributed by atoms with E-state index in [-0.39, 0.29) is 0 Å². The maximum atomic E-state index is 6.08. The Bertz CT molecular complexity index is 353. The molecule has 0 N–H and O–H groups in total. The minimum atomic E-state index is 0.539. The van der Waals surface area contributed by atoms with Crippen molar-refractivity contribution in [3.8, 4) is 0 Å². The first-order valence-electron chi connectivity index (χ1n) is 5.75. The van der Waals surface area contributed by atoms with Crippen molar-refractivity contribution in [1.82, 2.24) is 9.97 Å². The van der Waals surface area contributed by atoms with E-state index in [0.29, 0.717) is 11.1 Å². The smallest absolute Gasteiger partial charge is 0.147 e. The summed E-state index contributed by atoms with van der Waals surface area (Å²) < 4.78 is 0.850. The van der Waals surface area contributed by atoms with Gasteiger partial charge in [-0.05, 0) is 34.7 Å². The van der Waals surface area contributed by atoms with Crippen LogP contribution in [0.5, 0.6) is 0 Å². The van der Waals surface area contributed by atoms with E-state index in [9.17, 15) is 0 Å². The Kier molecular flexibility index (Phi) is 5.70. The van der Waals surface area contributed by atoms with Crippen LogP contribution in [0, 0.1) is 5.92 Å². The van der Waals surface area contributed by atoms with Gasteiger partial charge in [-0.25, -0.2) is 9.97 Å². The van der Waals surface area contributed by atoms with Gasteiger partial charge in [0.1, 0.15) is 11.0 Å². The van der Waals surface area contributed by atoms with Crippen LogP contribution in [0.3, 0.4) is 0 Å². The van der Waals surface area contributed by atoms with Gasteiger partial charge >= 0.3 is 0 Å². The molecule has 1 aromatic heterocycles. The Morgan fingerprint density at radius 1 is 1.31 bits per heavy atom. The Morgan fingerprint density at radius 3 is 2.56 bits per heavy atom. The fourth-order valence-corrected chi connectivity index (χ4v) is 2.03. The van der Waals surface area contributed by atoms with Crippen molar-refractivity contribution >= 4 is 27.5 Å². The monoisotopic (exact) mass is 304 g/mol. The number of hydrogen-bond donors (Lipinski definition) is 0. The molecule has 0 aromatic carbocycles. The lowest BCUT2D eigenvalue weighted by atomic mass is 10.1. The fraction of sp³-hybridized carbons (Fsp3) is 0.667. The minimum Gasteiger partial charge on any atom is -0.237 e. The van der Waals surface area contributed by atoms with E-state index in [0.717, 1.165) is 41.7 Å². The van der Waals surface area contributed by atoms with E-state index in [1.807, 2.05) is 0 Å². The molecular formula is C12H18BrClN2. The van der Waals surface area contributed by atoms with Crippen molar-refractivity contribution in [2.45, 2.75) is 46.5 Å². The van der Waals surface area contributed by atoms with Gasteiger partial charge in [0.15, 0.2) is 0 Å². The highest BCUT2D eigenvalue weighted by Gasteiger charge is 2.11. The molecule has 0 aliphatic carbocycles. The predicted molar refractivity (Wildman–Crippen MR) is 71.9 cm³/mol. The predicted octanol–water partition coefficient (Wildman–Crippen LogP) is 4.43. The Balaban J connectivity index is 2.92.